The zero-order valence-corrected chi connectivity index (χ0v) is 27.1. The Hall–Kier alpha value is -5.18. The lowest BCUT2D eigenvalue weighted by Gasteiger charge is -2.35. The molecule has 0 amide bonds. The molecule has 1 aromatic heterocycles. The standard InChI is InChI=1S/C45H32OS/c1-45(2)39-22-21-37-36-16-7-8-17-42(36)47-44(37)43(39)46-41-23-19-30(26-40(41)45)28-11-9-10-27(24-28)29-18-20-35-33-14-4-3-12-31(33)32-13-5-6-15-34(32)38(35)25-29/h3-26,31,33H,1-2H3. The molecule has 6 aromatic carbocycles. The monoisotopic (exact) mass is 620 g/mol. The second-order valence-electron chi connectivity index (χ2n) is 13.6. The van der Waals surface area contributed by atoms with Gasteiger partial charge in [0.1, 0.15) is 11.5 Å². The van der Waals surface area contributed by atoms with Gasteiger partial charge in [-0.15, -0.1) is 11.3 Å². The normalized spacial score (nSPS) is 18.2. The van der Waals surface area contributed by atoms with Gasteiger partial charge < -0.3 is 4.74 Å². The van der Waals surface area contributed by atoms with Gasteiger partial charge in [0.05, 0.1) is 4.70 Å². The van der Waals surface area contributed by atoms with E-state index in [1.165, 1.54) is 75.8 Å². The van der Waals surface area contributed by atoms with Crippen LogP contribution in [0.4, 0.5) is 0 Å². The number of hydrogen-bond donors (Lipinski definition) is 0. The highest BCUT2D eigenvalue weighted by Gasteiger charge is 2.36. The first kappa shape index (κ1) is 27.0. The number of thiophene rings is 1. The summed E-state index contributed by atoms with van der Waals surface area (Å²) in [6.45, 7) is 4.67. The van der Waals surface area contributed by atoms with Crippen molar-refractivity contribution in [2.24, 2.45) is 0 Å². The first-order valence-corrected chi connectivity index (χ1v) is 17.3. The van der Waals surface area contributed by atoms with Crippen molar-refractivity contribution in [3.63, 3.8) is 0 Å². The zero-order chi connectivity index (χ0) is 31.3. The van der Waals surface area contributed by atoms with Crippen molar-refractivity contribution in [3.05, 3.63) is 168 Å². The molecule has 1 aliphatic heterocycles. The Balaban J connectivity index is 1.04. The fourth-order valence-corrected chi connectivity index (χ4v) is 9.46. The van der Waals surface area contributed by atoms with Crippen molar-refractivity contribution in [2.45, 2.75) is 31.1 Å². The lowest BCUT2D eigenvalue weighted by atomic mass is 9.69. The Morgan fingerprint density at radius 1 is 0.553 bits per heavy atom. The van der Waals surface area contributed by atoms with Crippen molar-refractivity contribution in [3.8, 4) is 44.9 Å². The molecule has 2 atom stereocenters. The first-order chi connectivity index (χ1) is 23.0. The van der Waals surface area contributed by atoms with E-state index >= 15 is 0 Å². The van der Waals surface area contributed by atoms with Gasteiger partial charge in [0.2, 0.25) is 0 Å². The second-order valence-corrected chi connectivity index (χ2v) is 14.7. The molecule has 10 rings (SSSR count). The molecule has 47 heavy (non-hydrogen) atoms. The summed E-state index contributed by atoms with van der Waals surface area (Å²) in [5, 5.41) is 2.57. The molecule has 0 saturated carbocycles. The summed E-state index contributed by atoms with van der Waals surface area (Å²) in [6, 6.07) is 45.0. The van der Waals surface area contributed by atoms with Gasteiger partial charge in [-0.3, -0.25) is 0 Å². The van der Waals surface area contributed by atoms with Crippen LogP contribution in [0.3, 0.4) is 0 Å². The number of hydrogen-bond acceptors (Lipinski definition) is 2. The van der Waals surface area contributed by atoms with E-state index in [0.717, 1.165) is 11.5 Å². The summed E-state index contributed by atoms with van der Waals surface area (Å²) in [5.41, 5.74) is 12.7. The Morgan fingerprint density at radius 3 is 2.11 bits per heavy atom. The summed E-state index contributed by atoms with van der Waals surface area (Å²) >= 11 is 1.83. The van der Waals surface area contributed by atoms with Gasteiger partial charge in [0.15, 0.2) is 0 Å². The Labute approximate surface area is 279 Å². The number of allylic oxidation sites excluding steroid dienone is 4. The van der Waals surface area contributed by atoms with Crippen molar-refractivity contribution in [1.29, 1.82) is 0 Å². The van der Waals surface area contributed by atoms with Gasteiger partial charge >= 0.3 is 0 Å². The van der Waals surface area contributed by atoms with Crippen molar-refractivity contribution in [1.82, 2.24) is 0 Å². The smallest absolute Gasteiger partial charge is 0.149 e. The lowest BCUT2D eigenvalue weighted by Crippen LogP contribution is -2.24. The molecule has 2 aliphatic carbocycles. The minimum absolute atomic E-state index is 0.201. The second kappa shape index (κ2) is 9.91. The van der Waals surface area contributed by atoms with Crippen LogP contribution in [0.1, 0.15) is 47.9 Å². The van der Waals surface area contributed by atoms with Crippen LogP contribution in [0.25, 0.3) is 53.6 Å². The highest BCUT2D eigenvalue weighted by atomic mass is 32.1. The SMILES string of the molecule is CC1(C)c2cc(-c3cccc(-c4ccc5c(c4)-c4ccccc4C4C=CC=CC54)c3)ccc2Oc2c1ccc1c2sc2ccccc21. The van der Waals surface area contributed by atoms with Gasteiger partial charge in [-0.05, 0) is 74.8 Å². The predicted octanol–water partition coefficient (Wildman–Crippen LogP) is 12.8. The molecule has 2 heteroatoms. The highest BCUT2D eigenvalue weighted by Crippen LogP contribution is 2.54. The molecule has 0 N–H and O–H groups in total. The molecule has 224 valence electrons. The van der Waals surface area contributed by atoms with Crippen LogP contribution in [-0.4, -0.2) is 0 Å². The van der Waals surface area contributed by atoms with E-state index in [-0.39, 0.29) is 5.41 Å². The Kier molecular flexibility index (Phi) is 5.69. The summed E-state index contributed by atoms with van der Waals surface area (Å²) in [5.74, 6) is 2.74. The zero-order valence-electron chi connectivity index (χ0n) is 26.3. The number of fused-ring (bicyclic) bond motifs is 12. The third-order valence-electron chi connectivity index (χ3n) is 10.7. The van der Waals surface area contributed by atoms with Crippen LogP contribution in [0, 0.1) is 0 Å². The molecule has 7 aromatic rings. The summed E-state index contributed by atoms with van der Waals surface area (Å²) < 4.78 is 9.29. The molecule has 1 nitrogen and oxygen atoms in total. The predicted molar refractivity (Wildman–Crippen MR) is 198 cm³/mol. The molecule has 0 saturated heterocycles. The van der Waals surface area contributed by atoms with Gasteiger partial charge in [-0.25, -0.2) is 0 Å². The summed E-state index contributed by atoms with van der Waals surface area (Å²) in [7, 11) is 0. The van der Waals surface area contributed by atoms with Crippen LogP contribution in [0.15, 0.2) is 146 Å². The maximum atomic E-state index is 6.76. The van der Waals surface area contributed by atoms with Crippen LogP contribution in [-0.2, 0) is 5.41 Å². The fraction of sp³-hybridized carbons (Fsp3) is 0.111. The average Bonchev–Trinajstić information content (AvgIpc) is 3.51. The molecule has 0 fully saturated rings. The minimum Gasteiger partial charge on any atom is -0.455 e. The first-order valence-electron chi connectivity index (χ1n) is 16.5. The molecule has 0 spiro atoms. The van der Waals surface area contributed by atoms with E-state index < -0.39 is 0 Å². The average molecular weight is 621 g/mol. The Morgan fingerprint density at radius 2 is 1.26 bits per heavy atom. The molecular formula is C45H32OS. The van der Waals surface area contributed by atoms with Crippen molar-refractivity contribution >= 4 is 31.5 Å². The fourth-order valence-electron chi connectivity index (χ4n) is 8.27. The number of rotatable bonds is 2. The van der Waals surface area contributed by atoms with Crippen LogP contribution in [0.2, 0.25) is 0 Å². The van der Waals surface area contributed by atoms with Crippen LogP contribution < -0.4 is 4.74 Å². The van der Waals surface area contributed by atoms with Gasteiger partial charge in [-0.2, -0.15) is 0 Å². The summed E-state index contributed by atoms with van der Waals surface area (Å²) in [6.07, 6.45) is 9.12. The number of ether oxygens (including phenoxy) is 1. The van der Waals surface area contributed by atoms with Gasteiger partial charge in [0.25, 0.3) is 0 Å². The quantitative estimate of drug-likeness (QED) is 0.187. The van der Waals surface area contributed by atoms with Crippen molar-refractivity contribution < 1.29 is 4.74 Å². The van der Waals surface area contributed by atoms with E-state index in [1.807, 2.05) is 11.3 Å². The topological polar surface area (TPSA) is 9.23 Å². The summed E-state index contributed by atoms with van der Waals surface area (Å²) in [4.78, 5) is 0. The minimum atomic E-state index is -0.201. The van der Waals surface area contributed by atoms with Crippen molar-refractivity contribution in [2.75, 3.05) is 0 Å². The lowest BCUT2D eigenvalue weighted by molar-refractivity contribution is 0.424. The van der Waals surface area contributed by atoms with Crippen LogP contribution in [0.5, 0.6) is 11.5 Å². The van der Waals surface area contributed by atoms with Crippen LogP contribution >= 0.6 is 11.3 Å². The maximum Gasteiger partial charge on any atom is 0.149 e. The van der Waals surface area contributed by atoms with Gasteiger partial charge in [0, 0.05) is 43.9 Å². The van der Waals surface area contributed by atoms with E-state index in [1.54, 1.807) is 0 Å². The molecule has 0 bridgehead atoms. The van der Waals surface area contributed by atoms with Gasteiger partial charge in [-0.1, -0.05) is 129 Å². The van der Waals surface area contributed by atoms with E-state index in [2.05, 4.69) is 159 Å². The third kappa shape index (κ3) is 3.95. The highest BCUT2D eigenvalue weighted by molar-refractivity contribution is 7.26. The number of benzene rings is 6. The third-order valence-corrected chi connectivity index (χ3v) is 11.9. The molecule has 2 heterocycles. The molecule has 3 aliphatic rings. The molecular weight excluding hydrogens is 589 g/mol. The van der Waals surface area contributed by atoms with E-state index in [4.69, 9.17) is 4.74 Å². The largest absolute Gasteiger partial charge is 0.455 e. The van der Waals surface area contributed by atoms with E-state index in [0.29, 0.717) is 11.8 Å². The van der Waals surface area contributed by atoms with E-state index in [9.17, 15) is 0 Å². The maximum absolute atomic E-state index is 6.76. The molecule has 2 unspecified atom stereocenters. The molecule has 0 radical (unpaired) electrons. The Bertz CT molecular complexity index is 2490.